The van der Waals surface area contributed by atoms with Crippen molar-refractivity contribution in [2.45, 2.75) is 13.5 Å². The van der Waals surface area contributed by atoms with Crippen molar-refractivity contribution in [1.82, 2.24) is 19.6 Å². The standard InChI is InChI=1S/C16H12F5N5O/c1-7-8(5-22-25(7)2)16(27)23-10-3-4-26(24-10)6-9-11(17)13(19)15(21)14(20)12(9)18/h3-5H,6H2,1-2H3,(H,23,24,27). The van der Waals surface area contributed by atoms with E-state index in [0.29, 0.717) is 11.3 Å². The maximum atomic E-state index is 13.7. The van der Waals surface area contributed by atoms with Crippen LogP contribution < -0.4 is 5.32 Å². The molecule has 3 rings (SSSR count). The Hall–Kier alpha value is -3.24. The summed E-state index contributed by atoms with van der Waals surface area (Å²) in [7, 11) is 1.66. The minimum absolute atomic E-state index is 0.0344. The molecule has 0 aliphatic rings. The van der Waals surface area contributed by atoms with Gasteiger partial charge in [0.05, 0.1) is 23.9 Å². The summed E-state index contributed by atoms with van der Waals surface area (Å²) in [5.74, 6) is -10.6. The zero-order valence-electron chi connectivity index (χ0n) is 14.0. The number of rotatable bonds is 4. The van der Waals surface area contributed by atoms with Gasteiger partial charge in [0.1, 0.15) is 0 Å². The second kappa shape index (κ2) is 6.82. The predicted octanol–water partition coefficient (Wildman–Crippen LogP) is 2.92. The molecule has 1 amide bonds. The molecule has 0 fully saturated rings. The number of anilines is 1. The molecule has 0 atom stereocenters. The van der Waals surface area contributed by atoms with Gasteiger partial charge in [0.25, 0.3) is 5.91 Å². The summed E-state index contributed by atoms with van der Waals surface area (Å²) in [6.45, 7) is 0.970. The van der Waals surface area contributed by atoms with Crippen LogP contribution in [0, 0.1) is 36.0 Å². The summed E-state index contributed by atoms with van der Waals surface area (Å²) in [6.07, 6.45) is 2.58. The molecule has 1 aromatic carbocycles. The van der Waals surface area contributed by atoms with Crippen molar-refractivity contribution in [3.05, 3.63) is 64.4 Å². The Morgan fingerprint density at radius 1 is 1.07 bits per heavy atom. The van der Waals surface area contributed by atoms with Crippen LogP contribution in [0.3, 0.4) is 0 Å². The topological polar surface area (TPSA) is 64.7 Å². The lowest BCUT2D eigenvalue weighted by molar-refractivity contribution is 0.102. The van der Waals surface area contributed by atoms with E-state index in [1.54, 1.807) is 14.0 Å². The fourth-order valence-electron chi connectivity index (χ4n) is 2.37. The lowest BCUT2D eigenvalue weighted by Gasteiger charge is -2.08. The molecule has 0 unspecified atom stereocenters. The smallest absolute Gasteiger partial charge is 0.260 e. The van der Waals surface area contributed by atoms with Gasteiger partial charge in [0, 0.05) is 25.0 Å². The van der Waals surface area contributed by atoms with Gasteiger partial charge < -0.3 is 5.32 Å². The zero-order valence-corrected chi connectivity index (χ0v) is 14.0. The molecule has 0 spiro atoms. The van der Waals surface area contributed by atoms with E-state index in [2.05, 4.69) is 15.5 Å². The van der Waals surface area contributed by atoms with Crippen LogP contribution in [-0.4, -0.2) is 25.5 Å². The molecule has 0 aliphatic heterocycles. The first-order chi connectivity index (χ1) is 12.7. The number of halogens is 5. The number of aryl methyl sites for hydroxylation is 1. The van der Waals surface area contributed by atoms with Crippen molar-refractivity contribution >= 4 is 11.7 Å². The number of nitrogens with one attached hydrogen (secondary N) is 1. The first-order valence-corrected chi connectivity index (χ1v) is 7.54. The number of carbonyl (C=O) groups excluding carboxylic acids is 1. The third-order valence-electron chi connectivity index (χ3n) is 3.98. The Bertz CT molecular complexity index is 1010. The van der Waals surface area contributed by atoms with Gasteiger partial charge in [-0.05, 0) is 6.92 Å². The zero-order chi connectivity index (χ0) is 19.9. The van der Waals surface area contributed by atoms with Crippen molar-refractivity contribution in [3.8, 4) is 0 Å². The number of benzene rings is 1. The molecule has 2 aromatic heterocycles. The van der Waals surface area contributed by atoms with Gasteiger partial charge >= 0.3 is 0 Å². The highest BCUT2D eigenvalue weighted by Crippen LogP contribution is 2.24. The highest BCUT2D eigenvalue weighted by atomic mass is 19.2. The molecule has 0 aliphatic carbocycles. The minimum Gasteiger partial charge on any atom is -0.305 e. The van der Waals surface area contributed by atoms with E-state index in [0.717, 1.165) is 4.68 Å². The van der Waals surface area contributed by atoms with E-state index in [1.807, 2.05) is 0 Å². The van der Waals surface area contributed by atoms with Crippen LogP contribution in [0.4, 0.5) is 27.8 Å². The Morgan fingerprint density at radius 2 is 1.67 bits per heavy atom. The summed E-state index contributed by atoms with van der Waals surface area (Å²) in [5, 5.41) is 10.2. The Balaban J connectivity index is 1.81. The SMILES string of the molecule is Cc1c(C(=O)Nc2ccn(Cc3c(F)c(F)c(F)c(F)c3F)n2)cnn1C. The van der Waals surface area contributed by atoms with Crippen molar-refractivity contribution in [3.63, 3.8) is 0 Å². The highest BCUT2D eigenvalue weighted by Gasteiger charge is 2.26. The summed E-state index contributed by atoms with van der Waals surface area (Å²) in [4.78, 5) is 12.2. The van der Waals surface area contributed by atoms with Gasteiger partial charge in [-0.15, -0.1) is 0 Å². The Labute approximate surface area is 149 Å². The van der Waals surface area contributed by atoms with E-state index in [4.69, 9.17) is 0 Å². The molecule has 0 bridgehead atoms. The van der Waals surface area contributed by atoms with E-state index in [9.17, 15) is 26.7 Å². The van der Waals surface area contributed by atoms with Crippen molar-refractivity contribution in [2.24, 2.45) is 7.05 Å². The third-order valence-corrected chi connectivity index (χ3v) is 3.98. The van der Waals surface area contributed by atoms with Gasteiger partial charge in [-0.2, -0.15) is 10.2 Å². The van der Waals surface area contributed by atoms with Crippen LogP contribution in [0.15, 0.2) is 18.5 Å². The van der Waals surface area contributed by atoms with Crippen LogP contribution in [-0.2, 0) is 13.6 Å². The van der Waals surface area contributed by atoms with Crippen LogP contribution in [0.1, 0.15) is 21.6 Å². The van der Waals surface area contributed by atoms with Gasteiger partial charge in [0.2, 0.25) is 5.82 Å². The molecule has 6 nitrogen and oxygen atoms in total. The molecule has 11 heteroatoms. The van der Waals surface area contributed by atoms with Gasteiger partial charge in [-0.1, -0.05) is 0 Å². The third kappa shape index (κ3) is 3.27. The predicted molar refractivity (Wildman–Crippen MR) is 83.5 cm³/mol. The Morgan fingerprint density at radius 3 is 2.22 bits per heavy atom. The first-order valence-electron chi connectivity index (χ1n) is 7.54. The second-order valence-corrected chi connectivity index (χ2v) is 5.67. The van der Waals surface area contributed by atoms with E-state index in [1.165, 1.54) is 23.1 Å². The van der Waals surface area contributed by atoms with Gasteiger partial charge in [0.15, 0.2) is 29.1 Å². The average Bonchev–Trinajstić information content (AvgIpc) is 3.22. The summed E-state index contributed by atoms with van der Waals surface area (Å²) >= 11 is 0. The van der Waals surface area contributed by atoms with Gasteiger partial charge in [-0.3, -0.25) is 14.2 Å². The largest absolute Gasteiger partial charge is 0.305 e. The maximum absolute atomic E-state index is 13.7. The van der Waals surface area contributed by atoms with Crippen molar-refractivity contribution in [2.75, 3.05) is 5.32 Å². The quantitative estimate of drug-likeness (QED) is 0.427. The Kier molecular flexibility index (Phi) is 4.68. The molecule has 0 saturated heterocycles. The molecule has 3 aromatic rings. The molecular weight excluding hydrogens is 373 g/mol. The highest BCUT2D eigenvalue weighted by molar-refractivity contribution is 6.04. The number of amides is 1. The lowest BCUT2D eigenvalue weighted by Crippen LogP contribution is -2.14. The maximum Gasteiger partial charge on any atom is 0.260 e. The number of carbonyl (C=O) groups is 1. The summed E-state index contributed by atoms with van der Waals surface area (Å²) in [6, 6.07) is 1.32. The fourth-order valence-corrected chi connectivity index (χ4v) is 2.37. The molecule has 0 saturated carbocycles. The number of hydrogen-bond donors (Lipinski definition) is 1. The number of hydrogen-bond acceptors (Lipinski definition) is 3. The first kappa shape index (κ1) is 18.5. The lowest BCUT2D eigenvalue weighted by atomic mass is 10.1. The van der Waals surface area contributed by atoms with Gasteiger partial charge in [-0.25, -0.2) is 22.0 Å². The van der Waals surface area contributed by atoms with Crippen LogP contribution in [0.25, 0.3) is 0 Å². The van der Waals surface area contributed by atoms with E-state index >= 15 is 0 Å². The molecule has 0 radical (unpaired) electrons. The van der Waals surface area contributed by atoms with Crippen LogP contribution in [0.5, 0.6) is 0 Å². The normalized spacial score (nSPS) is 11.1. The van der Waals surface area contributed by atoms with Crippen LogP contribution >= 0.6 is 0 Å². The fraction of sp³-hybridized carbons (Fsp3) is 0.188. The molecule has 142 valence electrons. The molecule has 2 heterocycles. The van der Waals surface area contributed by atoms with E-state index in [-0.39, 0.29) is 5.82 Å². The monoisotopic (exact) mass is 385 g/mol. The minimum atomic E-state index is -2.23. The van der Waals surface area contributed by atoms with E-state index < -0.39 is 47.1 Å². The number of aromatic nitrogens is 4. The van der Waals surface area contributed by atoms with Crippen LogP contribution in [0.2, 0.25) is 0 Å². The number of nitrogens with zero attached hydrogens (tertiary/aromatic N) is 4. The molecule has 27 heavy (non-hydrogen) atoms. The molecule has 1 N–H and O–H groups in total. The van der Waals surface area contributed by atoms with Crippen molar-refractivity contribution in [1.29, 1.82) is 0 Å². The van der Waals surface area contributed by atoms with Crippen molar-refractivity contribution < 1.29 is 26.7 Å². The molecular formula is C16H12F5N5O. The average molecular weight is 385 g/mol. The summed E-state index contributed by atoms with van der Waals surface area (Å²) < 4.78 is 69.5. The second-order valence-electron chi connectivity index (χ2n) is 5.67. The summed E-state index contributed by atoms with van der Waals surface area (Å²) in [5.41, 5.74) is -0.129.